The maximum Gasteiger partial charge on any atom is 0.178 e. The predicted octanol–water partition coefficient (Wildman–Crippen LogP) is 7.76. The number of thiophene rings is 1. The SMILES string of the molecule is C#C.C=C/C(=C\C(=C/C)c1ccc(N)c(Cc2nc3nccc(-c4ccc(F)s4)c3[nH]2)c1F)NC(=C)CCC. The molecule has 39 heavy (non-hydrogen) atoms. The summed E-state index contributed by atoms with van der Waals surface area (Å²) in [5.41, 5.74) is 11.5. The number of nitrogens with two attached hydrogens (primary N) is 1. The van der Waals surface area contributed by atoms with Crippen molar-refractivity contribution in [3.63, 3.8) is 0 Å². The van der Waals surface area contributed by atoms with Crippen LogP contribution in [0, 0.1) is 23.8 Å². The third-order valence-corrected chi connectivity index (χ3v) is 6.84. The van der Waals surface area contributed by atoms with Crippen LogP contribution < -0.4 is 11.1 Å². The number of aromatic nitrogens is 3. The molecule has 3 aromatic heterocycles. The molecule has 0 saturated carbocycles. The Morgan fingerprint density at radius 2 is 1.97 bits per heavy atom. The molecule has 5 nitrogen and oxygen atoms in total. The average Bonchev–Trinajstić information content (AvgIpc) is 3.56. The summed E-state index contributed by atoms with van der Waals surface area (Å²) in [6, 6.07) is 8.31. The van der Waals surface area contributed by atoms with Crippen molar-refractivity contribution in [3.8, 4) is 23.3 Å². The minimum Gasteiger partial charge on any atom is -0.398 e. The van der Waals surface area contributed by atoms with Gasteiger partial charge in [0.05, 0.1) is 5.52 Å². The first-order valence-corrected chi connectivity index (χ1v) is 13.1. The number of nitrogen functional groups attached to an aromatic ring is 1. The lowest BCUT2D eigenvalue weighted by Gasteiger charge is -2.14. The van der Waals surface area contributed by atoms with Gasteiger partial charge in [-0.05, 0) is 61.4 Å². The van der Waals surface area contributed by atoms with Gasteiger partial charge < -0.3 is 16.0 Å². The van der Waals surface area contributed by atoms with Gasteiger partial charge in [-0.15, -0.1) is 24.2 Å². The van der Waals surface area contributed by atoms with Crippen LogP contribution in [-0.2, 0) is 6.42 Å². The lowest BCUT2D eigenvalue weighted by molar-refractivity contribution is 0.610. The molecule has 0 fully saturated rings. The third-order valence-electron chi connectivity index (χ3n) is 5.93. The van der Waals surface area contributed by atoms with Gasteiger partial charge in [0.15, 0.2) is 10.8 Å². The number of anilines is 1. The van der Waals surface area contributed by atoms with E-state index in [0.717, 1.165) is 46.0 Å². The summed E-state index contributed by atoms with van der Waals surface area (Å²) >= 11 is 1.04. The van der Waals surface area contributed by atoms with Gasteiger partial charge in [-0.2, -0.15) is 4.39 Å². The summed E-state index contributed by atoms with van der Waals surface area (Å²) < 4.78 is 29.5. The van der Waals surface area contributed by atoms with Crippen LogP contribution in [0.5, 0.6) is 0 Å². The number of H-pyrrole nitrogens is 1. The Morgan fingerprint density at radius 3 is 2.62 bits per heavy atom. The van der Waals surface area contributed by atoms with E-state index in [2.05, 4.69) is 53.2 Å². The van der Waals surface area contributed by atoms with E-state index < -0.39 is 5.82 Å². The van der Waals surface area contributed by atoms with Crippen molar-refractivity contribution >= 4 is 33.8 Å². The minimum atomic E-state index is -0.422. The van der Waals surface area contributed by atoms with Gasteiger partial charge in [0.1, 0.15) is 11.6 Å². The predicted molar refractivity (Wildman–Crippen MR) is 160 cm³/mol. The number of halogens is 2. The van der Waals surface area contributed by atoms with Crippen molar-refractivity contribution in [2.75, 3.05) is 5.73 Å². The first-order valence-electron chi connectivity index (χ1n) is 12.3. The molecule has 0 saturated heterocycles. The zero-order chi connectivity index (χ0) is 28.5. The molecule has 4 N–H and O–H groups in total. The monoisotopic (exact) mass is 543 g/mol. The van der Waals surface area contributed by atoms with Crippen molar-refractivity contribution < 1.29 is 8.78 Å². The number of nitrogens with zero attached hydrogens (tertiary/aromatic N) is 2. The van der Waals surface area contributed by atoms with Gasteiger partial charge in [-0.1, -0.05) is 32.6 Å². The molecule has 4 aromatic rings. The van der Waals surface area contributed by atoms with E-state index in [4.69, 9.17) is 5.73 Å². The van der Waals surface area contributed by atoms with E-state index in [1.807, 2.05) is 19.1 Å². The Hall–Kier alpha value is -4.48. The fourth-order valence-corrected chi connectivity index (χ4v) is 4.87. The summed E-state index contributed by atoms with van der Waals surface area (Å²) in [6.07, 6.45) is 16.9. The fourth-order valence-electron chi connectivity index (χ4n) is 4.11. The highest BCUT2D eigenvalue weighted by atomic mass is 32.1. The summed E-state index contributed by atoms with van der Waals surface area (Å²) in [7, 11) is 0. The van der Waals surface area contributed by atoms with Gasteiger partial charge in [0.2, 0.25) is 0 Å². The van der Waals surface area contributed by atoms with Crippen molar-refractivity contribution in [3.05, 3.63) is 107 Å². The number of benzene rings is 1. The van der Waals surface area contributed by atoms with Crippen LogP contribution in [0.25, 0.3) is 27.2 Å². The topological polar surface area (TPSA) is 79.6 Å². The molecule has 0 aliphatic rings. The number of imidazole rings is 1. The van der Waals surface area contributed by atoms with Gasteiger partial charge in [-0.25, -0.2) is 14.4 Å². The van der Waals surface area contributed by atoms with Crippen molar-refractivity contribution in [2.24, 2.45) is 0 Å². The molecule has 200 valence electrons. The molecule has 0 spiro atoms. The van der Waals surface area contributed by atoms with E-state index in [9.17, 15) is 4.39 Å². The first kappa shape index (κ1) is 29.1. The molecule has 0 amide bonds. The molecule has 8 heteroatoms. The standard InChI is InChI=1S/C29H29F2N5S.C2H2/c1-5-8-17(4)34-19(7-3)15-18(6-2)20-9-10-23(32)22(27(20)31)16-26-35-28-21(13-14-33-29(28)36-26)24-11-12-25(30)37-24;1-2/h6-7,9-15,34H,3-5,8,16,32H2,1-2H3,(H,33,35,36);1-2H/b18-6+,19-15+;. The summed E-state index contributed by atoms with van der Waals surface area (Å²) in [5.74, 6) is 0.0886. The van der Waals surface area contributed by atoms with Gasteiger partial charge in [0.25, 0.3) is 0 Å². The molecule has 0 atom stereocenters. The second-order valence-electron chi connectivity index (χ2n) is 8.54. The Balaban J connectivity index is 0.00000205. The van der Waals surface area contributed by atoms with Crippen molar-refractivity contribution in [1.29, 1.82) is 0 Å². The average molecular weight is 544 g/mol. The maximum absolute atomic E-state index is 15.9. The number of allylic oxidation sites excluding steroid dienone is 5. The number of hydrogen-bond acceptors (Lipinski definition) is 5. The van der Waals surface area contributed by atoms with Gasteiger partial charge in [-0.3, -0.25) is 0 Å². The summed E-state index contributed by atoms with van der Waals surface area (Å²) in [4.78, 5) is 12.9. The van der Waals surface area contributed by atoms with E-state index in [1.54, 1.807) is 36.5 Å². The highest BCUT2D eigenvalue weighted by Gasteiger charge is 2.18. The number of aromatic amines is 1. The highest BCUT2D eigenvalue weighted by Crippen LogP contribution is 2.33. The molecule has 4 rings (SSSR count). The largest absolute Gasteiger partial charge is 0.398 e. The fraction of sp³-hybridized carbons (Fsp3) is 0.161. The smallest absolute Gasteiger partial charge is 0.178 e. The Kier molecular flexibility index (Phi) is 9.96. The van der Waals surface area contributed by atoms with E-state index in [0.29, 0.717) is 39.4 Å². The lowest BCUT2D eigenvalue weighted by atomic mass is 9.98. The number of hydrogen-bond donors (Lipinski definition) is 3. The Labute approximate surface area is 231 Å². The molecule has 0 aliphatic heterocycles. The Morgan fingerprint density at radius 1 is 1.21 bits per heavy atom. The minimum absolute atomic E-state index is 0.140. The van der Waals surface area contributed by atoms with E-state index >= 15 is 4.39 Å². The highest BCUT2D eigenvalue weighted by molar-refractivity contribution is 7.14. The zero-order valence-corrected chi connectivity index (χ0v) is 22.8. The van der Waals surface area contributed by atoms with Crippen LogP contribution in [0.3, 0.4) is 0 Å². The van der Waals surface area contributed by atoms with Crippen molar-refractivity contribution in [2.45, 2.75) is 33.1 Å². The van der Waals surface area contributed by atoms with Crippen molar-refractivity contribution in [1.82, 2.24) is 20.3 Å². The van der Waals surface area contributed by atoms with Crippen LogP contribution in [0.1, 0.15) is 43.6 Å². The molecule has 0 radical (unpaired) electrons. The molecule has 1 aromatic carbocycles. The number of terminal acetylenes is 1. The number of pyridine rings is 1. The first-order chi connectivity index (χ1) is 18.8. The normalized spacial score (nSPS) is 11.6. The lowest BCUT2D eigenvalue weighted by Crippen LogP contribution is -2.10. The van der Waals surface area contributed by atoms with Crippen LogP contribution in [0.2, 0.25) is 0 Å². The molecule has 0 unspecified atom stereocenters. The second-order valence-corrected chi connectivity index (χ2v) is 9.58. The molecule has 0 aliphatic carbocycles. The molecular formula is C31H31F2N5S. The van der Waals surface area contributed by atoms with Crippen LogP contribution in [0.4, 0.5) is 14.5 Å². The Bertz CT molecular complexity index is 1570. The van der Waals surface area contributed by atoms with Crippen LogP contribution >= 0.6 is 11.3 Å². The van der Waals surface area contributed by atoms with Crippen LogP contribution in [0.15, 0.2) is 79.3 Å². The van der Waals surface area contributed by atoms with Gasteiger partial charge in [0, 0.05) is 51.3 Å². The summed E-state index contributed by atoms with van der Waals surface area (Å²) in [5, 5.41) is 2.97. The zero-order valence-electron chi connectivity index (χ0n) is 22.0. The molecule has 0 bridgehead atoms. The molecular weight excluding hydrogens is 512 g/mol. The second kappa shape index (κ2) is 13.4. The number of rotatable bonds is 10. The number of fused-ring (bicyclic) bond motifs is 1. The number of nitrogens with one attached hydrogen (secondary N) is 2. The third kappa shape index (κ3) is 6.70. The van der Waals surface area contributed by atoms with E-state index in [-0.39, 0.29) is 11.6 Å². The summed E-state index contributed by atoms with van der Waals surface area (Å²) in [6.45, 7) is 11.8. The van der Waals surface area contributed by atoms with E-state index in [1.165, 1.54) is 6.07 Å². The molecule has 3 heterocycles. The van der Waals surface area contributed by atoms with Crippen LogP contribution in [-0.4, -0.2) is 15.0 Å². The quantitative estimate of drug-likeness (QED) is 0.108. The van der Waals surface area contributed by atoms with Gasteiger partial charge >= 0.3 is 0 Å². The maximum atomic E-state index is 15.9.